The Labute approximate surface area is 262 Å². The predicted molar refractivity (Wildman–Crippen MR) is 162 cm³/mol. The van der Waals surface area contributed by atoms with Crippen molar-refractivity contribution < 1.29 is 40.3 Å². The van der Waals surface area contributed by atoms with Crippen molar-refractivity contribution in [1.82, 2.24) is 9.88 Å². The van der Waals surface area contributed by atoms with Crippen molar-refractivity contribution in [2.75, 3.05) is 25.0 Å². The topological polar surface area (TPSA) is 106 Å². The number of pyridine rings is 1. The number of piperidine rings is 1. The lowest BCUT2D eigenvalue weighted by Crippen LogP contribution is -2.42. The number of anilines is 2. The van der Waals surface area contributed by atoms with Crippen LogP contribution < -0.4 is 5.32 Å². The highest BCUT2D eigenvalue weighted by Crippen LogP contribution is 2.35. The normalized spacial score (nSPS) is 14.1. The molecular formula is C31H28ClF4N3O5S. The second-order valence-corrected chi connectivity index (χ2v) is 12.4. The van der Waals surface area contributed by atoms with Crippen LogP contribution in [0.15, 0.2) is 77.8 Å². The Morgan fingerprint density at radius 1 is 1.00 bits per heavy atom. The number of aromatic nitrogens is 1. The highest BCUT2D eigenvalue weighted by atomic mass is 35.5. The summed E-state index contributed by atoms with van der Waals surface area (Å²) in [4.78, 5) is 31.5. The van der Waals surface area contributed by atoms with Gasteiger partial charge >= 0.3 is 12.1 Å². The third kappa shape index (κ3) is 7.20. The van der Waals surface area contributed by atoms with E-state index in [2.05, 4.69) is 10.3 Å². The van der Waals surface area contributed by atoms with Crippen molar-refractivity contribution >= 4 is 56.4 Å². The number of halogens is 5. The highest BCUT2D eigenvalue weighted by Gasteiger charge is 2.33. The summed E-state index contributed by atoms with van der Waals surface area (Å²) in [6, 6.07) is 14.0. The lowest BCUT2D eigenvalue weighted by atomic mass is 10.1. The maximum absolute atomic E-state index is 13.3. The van der Waals surface area contributed by atoms with Gasteiger partial charge in [0.2, 0.25) is 0 Å². The summed E-state index contributed by atoms with van der Waals surface area (Å²) in [5, 5.41) is 2.63. The van der Waals surface area contributed by atoms with E-state index in [-0.39, 0.29) is 77.9 Å². The van der Waals surface area contributed by atoms with Crippen LogP contribution >= 0.6 is 12.4 Å². The molecule has 0 radical (unpaired) electrons. The van der Waals surface area contributed by atoms with Gasteiger partial charge in [-0.2, -0.15) is 13.2 Å². The monoisotopic (exact) mass is 665 g/mol. The lowest BCUT2D eigenvalue weighted by Gasteiger charge is -2.32. The zero-order chi connectivity index (χ0) is 31.6. The number of sulfone groups is 1. The first-order valence-corrected chi connectivity index (χ1v) is 15.3. The molecule has 14 heteroatoms. The molecule has 45 heavy (non-hydrogen) atoms. The molecule has 0 spiro atoms. The van der Waals surface area contributed by atoms with E-state index < -0.39 is 38.6 Å². The second-order valence-electron chi connectivity index (χ2n) is 10.2. The van der Waals surface area contributed by atoms with Gasteiger partial charge in [0, 0.05) is 35.9 Å². The number of nitrogens with zero attached hydrogens (tertiary/aromatic N) is 2. The van der Waals surface area contributed by atoms with Crippen molar-refractivity contribution in [3.63, 3.8) is 0 Å². The van der Waals surface area contributed by atoms with Gasteiger partial charge in [-0.25, -0.2) is 17.6 Å². The van der Waals surface area contributed by atoms with Crippen molar-refractivity contribution in [3.8, 4) is 0 Å². The molecule has 4 aromatic rings. The number of carbonyl (C=O) groups is 2. The third-order valence-corrected chi connectivity index (χ3v) is 9.68. The largest absolute Gasteiger partial charge is 0.462 e. The summed E-state index contributed by atoms with van der Waals surface area (Å²) < 4.78 is 84.1. The summed E-state index contributed by atoms with van der Waals surface area (Å²) in [7, 11) is -3.67. The Bertz CT molecular complexity index is 1810. The molecule has 238 valence electrons. The SMILES string of the molecule is CCOC(=O)c1cnc2cc(C(F)(F)F)ccc2c1Nc1ccc(C(=O)N2CCC(S(=O)(=O)c3ccc(F)cc3)CC2)cc1.Cl. The summed E-state index contributed by atoms with van der Waals surface area (Å²) in [5.74, 6) is -1.53. The summed E-state index contributed by atoms with van der Waals surface area (Å²) in [6.07, 6.45) is -2.96. The maximum atomic E-state index is 13.3. The summed E-state index contributed by atoms with van der Waals surface area (Å²) >= 11 is 0. The molecule has 1 aliphatic rings. The Balaban J connectivity index is 0.00000461. The lowest BCUT2D eigenvalue weighted by molar-refractivity contribution is -0.137. The molecular weight excluding hydrogens is 638 g/mol. The van der Waals surface area contributed by atoms with Gasteiger partial charge in [0.1, 0.15) is 11.4 Å². The molecule has 0 saturated carbocycles. The number of fused-ring (bicyclic) bond motifs is 1. The number of amides is 1. The molecule has 3 aromatic carbocycles. The molecule has 5 rings (SSSR count). The van der Waals surface area contributed by atoms with E-state index in [0.717, 1.165) is 30.5 Å². The number of alkyl halides is 3. The maximum Gasteiger partial charge on any atom is 0.416 e. The van der Waals surface area contributed by atoms with Gasteiger partial charge in [-0.15, -0.1) is 12.4 Å². The van der Waals surface area contributed by atoms with E-state index in [9.17, 15) is 35.6 Å². The fourth-order valence-electron chi connectivity index (χ4n) is 5.08. The smallest absolute Gasteiger partial charge is 0.416 e. The predicted octanol–water partition coefficient (Wildman–Crippen LogP) is 6.81. The third-order valence-electron chi connectivity index (χ3n) is 7.40. The van der Waals surface area contributed by atoms with Gasteiger partial charge in [-0.1, -0.05) is 6.07 Å². The zero-order valence-electron chi connectivity index (χ0n) is 23.8. The average Bonchev–Trinajstić information content (AvgIpc) is 3.01. The molecule has 1 N–H and O–H groups in total. The van der Waals surface area contributed by atoms with E-state index in [1.54, 1.807) is 36.1 Å². The Morgan fingerprint density at radius 3 is 2.24 bits per heavy atom. The summed E-state index contributed by atoms with van der Waals surface area (Å²) in [5.41, 5.74) is 0.154. The number of likely N-dealkylation sites (tertiary alicyclic amines) is 1. The quantitative estimate of drug-likeness (QED) is 0.131. The van der Waals surface area contributed by atoms with Crippen molar-refractivity contribution in [1.29, 1.82) is 0 Å². The van der Waals surface area contributed by atoms with E-state index in [4.69, 9.17) is 4.74 Å². The van der Waals surface area contributed by atoms with Crippen LogP contribution in [0.5, 0.6) is 0 Å². The fraction of sp³-hybridized carbons (Fsp3) is 0.258. The minimum absolute atomic E-state index is 0. The zero-order valence-corrected chi connectivity index (χ0v) is 25.4. The number of rotatable bonds is 7. The standard InChI is InChI=1S/C31H27F4N3O5S.ClH/c1-2-43-30(40)26-18-36-27-17-20(31(33,34)35)5-12-25(27)28(26)37-22-8-3-19(4-9-22)29(39)38-15-13-24(14-16-38)44(41,42)23-10-6-21(32)7-11-23;/h3-12,17-18,24H,2,13-16H2,1H3,(H,36,37);1H. The minimum Gasteiger partial charge on any atom is -0.462 e. The molecule has 1 saturated heterocycles. The molecule has 2 heterocycles. The van der Waals surface area contributed by atoms with Crippen LogP contribution in [0, 0.1) is 5.82 Å². The molecule has 1 aromatic heterocycles. The number of nitrogens with one attached hydrogen (secondary N) is 1. The molecule has 8 nitrogen and oxygen atoms in total. The van der Waals surface area contributed by atoms with Crippen molar-refractivity contribution in [3.05, 3.63) is 95.4 Å². The number of hydrogen-bond donors (Lipinski definition) is 1. The number of hydrogen-bond acceptors (Lipinski definition) is 7. The van der Waals surface area contributed by atoms with Crippen LogP contribution in [0.3, 0.4) is 0 Å². The number of esters is 1. The Morgan fingerprint density at radius 2 is 1.64 bits per heavy atom. The van der Waals surface area contributed by atoms with Gasteiger partial charge in [-0.05, 0) is 80.4 Å². The molecule has 1 amide bonds. The highest BCUT2D eigenvalue weighted by molar-refractivity contribution is 7.92. The van der Waals surface area contributed by atoms with Gasteiger partial charge in [0.25, 0.3) is 5.91 Å². The molecule has 1 aliphatic heterocycles. The van der Waals surface area contributed by atoms with E-state index in [0.29, 0.717) is 11.3 Å². The van der Waals surface area contributed by atoms with Gasteiger partial charge in [0.15, 0.2) is 9.84 Å². The van der Waals surface area contributed by atoms with Crippen LogP contribution in [0.1, 0.15) is 46.0 Å². The summed E-state index contributed by atoms with van der Waals surface area (Å²) in [6.45, 7) is 2.14. The van der Waals surface area contributed by atoms with E-state index in [1.165, 1.54) is 18.2 Å². The molecule has 0 bridgehead atoms. The number of carbonyl (C=O) groups excluding carboxylic acids is 2. The van der Waals surface area contributed by atoms with E-state index in [1.807, 2.05) is 0 Å². The van der Waals surface area contributed by atoms with Crippen LogP contribution in [0.2, 0.25) is 0 Å². The molecule has 0 aliphatic carbocycles. The van der Waals surface area contributed by atoms with E-state index >= 15 is 0 Å². The number of ether oxygens (including phenoxy) is 1. The molecule has 0 atom stereocenters. The Kier molecular flexibility index (Phi) is 10.0. The van der Waals surface area contributed by atoms with Crippen LogP contribution in [-0.2, 0) is 20.8 Å². The average molecular weight is 666 g/mol. The first-order valence-electron chi connectivity index (χ1n) is 13.7. The van der Waals surface area contributed by atoms with Crippen LogP contribution in [-0.4, -0.2) is 55.1 Å². The minimum atomic E-state index is -4.57. The van der Waals surface area contributed by atoms with Crippen molar-refractivity contribution in [2.24, 2.45) is 0 Å². The number of benzene rings is 3. The first kappa shape index (κ1) is 33.7. The second kappa shape index (κ2) is 13.4. The van der Waals surface area contributed by atoms with Gasteiger partial charge < -0.3 is 15.0 Å². The fourth-order valence-corrected chi connectivity index (χ4v) is 6.81. The molecule has 1 fully saturated rings. The van der Waals surface area contributed by atoms with Gasteiger partial charge in [0.05, 0.1) is 33.5 Å². The van der Waals surface area contributed by atoms with Crippen molar-refractivity contribution in [2.45, 2.75) is 36.1 Å². The first-order chi connectivity index (χ1) is 20.9. The van der Waals surface area contributed by atoms with Crippen LogP contribution in [0.4, 0.5) is 28.9 Å². The Hall–Kier alpha value is -4.23. The van der Waals surface area contributed by atoms with Gasteiger partial charge in [-0.3, -0.25) is 9.78 Å². The molecule has 0 unspecified atom stereocenters. The van der Waals surface area contributed by atoms with Crippen LogP contribution in [0.25, 0.3) is 10.9 Å².